The third kappa shape index (κ3) is 6.35. The molecule has 0 aliphatic heterocycles. The minimum absolute atomic E-state index is 0.139. The fraction of sp³-hybridized carbons (Fsp3) is 0.600. The molecule has 0 aliphatic rings. The Morgan fingerprint density at radius 1 is 1.45 bits per heavy atom. The van der Waals surface area contributed by atoms with Crippen molar-refractivity contribution in [3.8, 4) is 0 Å². The van der Waals surface area contributed by atoms with Gasteiger partial charge < -0.3 is 10.1 Å². The van der Waals surface area contributed by atoms with Gasteiger partial charge in [-0.15, -0.1) is 0 Å². The Morgan fingerprint density at radius 2 is 2.20 bits per heavy atom. The monoisotopic (exact) mass is 298 g/mol. The standard InChI is InChI=1S/C15H23ClN2O2/c1-4-5-13-8-12(9-14(16)18-13)15(19)17-6-7-20-10-11(2)3/h8-9,11H,4-7,10H2,1-3H3,(H,17,19). The average Bonchev–Trinajstić information content (AvgIpc) is 2.37. The zero-order valence-electron chi connectivity index (χ0n) is 12.4. The van der Waals surface area contributed by atoms with E-state index in [0.717, 1.165) is 18.5 Å². The Balaban J connectivity index is 2.46. The lowest BCUT2D eigenvalue weighted by molar-refractivity contribution is 0.0886. The lowest BCUT2D eigenvalue weighted by Gasteiger charge is -2.09. The van der Waals surface area contributed by atoms with Crippen molar-refractivity contribution < 1.29 is 9.53 Å². The van der Waals surface area contributed by atoms with Gasteiger partial charge in [-0.2, -0.15) is 0 Å². The molecule has 0 radical (unpaired) electrons. The molecule has 0 atom stereocenters. The smallest absolute Gasteiger partial charge is 0.251 e. The molecule has 0 fully saturated rings. The molecule has 1 N–H and O–H groups in total. The summed E-state index contributed by atoms with van der Waals surface area (Å²) in [4.78, 5) is 16.2. The van der Waals surface area contributed by atoms with Crippen LogP contribution in [0, 0.1) is 5.92 Å². The lowest BCUT2D eigenvalue weighted by Crippen LogP contribution is -2.27. The van der Waals surface area contributed by atoms with E-state index in [2.05, 4.69) is 31.1 Å². The molecule has 112 valence electrons. The molecule has 1 heterocycles. The van der Waals surface area contributed by atoms with Crippen molar-refractivity contribution in [1.29, 1.82) is 0 Å². The molecule has 0 aromatic carbocycles. The summed E-state index contributed by atoms with van der Waals surface area (Å²) in [5.41, 5.74) is 1.40. The fourth-order valence-electron chi connectivity index (χ4n) is 1.72. The van der Waals surface area contributed by atoms with Gasteiger partial charge in [-0.05, 0) is 24.5 Å². The van der Waals surface area contributed by atoms with Crippen LogP contribution in [0.5, 0.6) is 0 Å². The summed E-state index contributed by atoms with van der Waals surface area (Å²) in [5, 5.41) is 3.18. The number of carbonyl (C=O) groups excluding carboxylic acids is 1. The van der Waals surface area contributed by atoms with E-state index >= 15 is 0 Å². The van der Waals surface area contributed by atoms with Gasteiger partial charge in [0.1, 0.15) is 5.15 Å². The zero-order chi connectivity index (χ0) is 15.0. The number of amides is 1. The van der Waals surface area contributed by atoms with E-state index in [1.165, 1.54) is 0 Å². The largest absolute Gasteiger partial charge is 0.379 e. The van der Waals surface area contributed by atoms with Crippen LogP contribution in [0.25, 0.3) is 0 Å². The summed E-state index contributed by atoms with van der Waals surface area (Å²) in [6.45, 7) is 7.96. The van der Waals surface area contributed by atoms with E-state index in [-0.39, 0.29) is 5.91 Å². The van der Waals surface area contributed by atoms with Crippen LogP contribution in [0.4, 0.5) is 0 Å². The quantitative estimate of drug-likeness (QED) is 0.593. The number of aryl methyl sites for hydroxylation is 1. The molecule has 0 spiro atoms. The van der Waals surface area contributed by atoms with Gasteiger partial charge in [-0.25, -0.2) is 4.98 Å². The number of pyridine rings is 1. The van der Waals surface area contributed by atoms with E-state index in [1.54, 1.807) is 12.1 Å². The number of nitrogens with one attached hydrogen (secondary N) is 1. The van der Waals surface area contributed by atoms with Gasteiger partial charge in [0.05, 0.1) is 6.61 Å². The van der Waals surface area contributed by atoms with E-state index < -0.39 is 0 Å². The van der Waals surface area contributed by atoms with Crippen LogP contribution in [0.3, 0.4) is 0 Å². The van der Waals surface area contributed by atoms with Crippen molar-refractivity contribution in [1.82, 2.24) is 10.3 Å². The van der Waals surface area contributed by atoms with Crippen molar-refractivity contribution in [2.24, 2.45) is 5.92 Å². The Labute approximate surface area is 125 Å². The van der Waals surface area contributed by atoms with Gasteiger partial charge in [0, 0.05) is 24.4 Å². The van der Waals surface area contributed by atoms with Crippen molar-refractivity contribution in [3.63, 3.8) is 0 Å². The first-order valence-electron chi connectivity index (χ1n) is 7.05. The van der Waals surface area contributed by atoms with Crippen LogP contribution in [-0.2, 0) is 11.2 Å². The minimum Gasteiger partial charge on any atom is -0.379 e. The molecule has 0 saturated heterocycles. The Kier molecular flexibility index (Phi) is 7.55. The van der Waals surface area contributed by atoms with Crippen molar-refractivity contribution in [2.45, 2.75) is 33.6 Å². The number of aromatic nitrogens is 1. The molecule has 1 aromatic rings. The summed E-state index contributed by atoms with van der Waals surface area (Å²) in [6, 6.07) is 3.38. The van der Waals surface area contributed by atoms with Gasteiger partial charge >= 0.3 is 0 Å². The third-order valence-electron chi connectivity index (χ3n) is 2.60. The fourth-order valence-corrected chi connectivity index (χ4v) is 1.95. The number of halogens is 1. The highest BCUT2D eigenvalue weighted by atomic mass is 35.5. The highest BCUT2D eigenvalue weighted by molar-refractivity contribution is 6.29. The van der Waals surface area contributed by atoms with Crippen LogP contribution in [-0.4, -0.2) is 30.6 Å². The molecule has 0 unspecified atom stereocenters. The first-order valence-corrected chi connectivity index (χ1v) is 7.43. The molecular weight excluding hydrogens is 276 g/mol. The topological polar surface area (TPSA) is 51.2 Å². The third-order valence-corrected chi connectivity index (χ3v) is 2.79. The average molecular weight is 299 g/mol. The summed E-state index contributed by atoms with van der Waals surface area (Å²) in [7, 11) is 0. The van der Waals surface area contributed by atoms with Crippen LogP contribution in [0.2, 0.25) is 5.15 Å². The lowest BCUT2D eigenvalue weighted by atomic mass is 10.1. The van der Waals surface area contributed by atoms with Crippen LogP contribution in [0.1, 0.15) is 43.2 Å². The van der Waals surface area contributed by atoms with E-state index in [9.17, 15) is 4.79 Å². The predicted molar refractivity (Wildman–Crippen MR) is 81.2 cm³/mol. The number of hydrogen-bond acceptors (Lipinski definition) is 3. The molecule has 4 nitrogen and oxygen atoms in total. The van der Waals surface area contributed by atoms with E-state index in [1.807, 2.05) is 0 Å². The van der Waals surface area contributed by atoms with E-state index in [4.69, 9.17) is 16.3 Å². The van der Waals surface area contributed by atoms with Crippen molar-refractivity contribution >= 4 is 17.5 Å². The number of ether oxygens (including phenoxy) is 1. The highest BCUT2D eigenvalue weighted by Crippen LogP contribution is 2.12. The van der Waals surface area contributed by atoms with Crippen LogP contribution >= 0.6 is 11.6 Å². The highest BCUT2D eigenvalue weighted by Gasteiger charge is 2.08. The van der Waals surface area contributed by atoms with Gasteiger partial charge in [0.2, 0.25) is 0 Å². The molecule has 1 rings (SSSR count). The second-order valence-electron chi connectivity index (χ2n) is 5.14. The molecule has 0 aliphatic carbocycles. The first kappa shape index (κ1) is 16.9. The van der Waals surface area contributed by atoms with Crippen molar-refractivity contribution in [2.75, 3.05) is 19.8 Å². The summed E-state index contributed by atoms with van der Waals surface area (Å²) in [5.74, 6) is 0.362. The van der Waals surface area contributed by atoms with E-state index in [0.29, 0.717) is 36.4 Å². The number of nitrogens with zero attached hydrogens (tertiary/aromatic N) is 1. The normalized spacial score (nSPS) is 10.8. The maximum absolute atomic E-state index is 12.0. The van der Waals surface area contributed by atoms with Gasteiger partial charge in [-0.3, -0.25) is 4.79 Å². The molecule has 1 aromatic heterocycles. The second-order valence-corrected chi connectivity index (χ2v) is 5.53. The second kappa shape index (κ2) is 8.93. The van der Waals surface area contributed by atoms with Gasteiger partial charge in [0.25, 0.3) is 5.91 Å². The Morgan fingerprint density at radius 3 is 2.85 bits per heavy atom. The maximum atomic E-state index is 12.0. The number of carbonyl (C=O) groups is 1. The summed E-state index contributed by atoms with van der Waals surface area (Å²) >= 11 is 5.93. The zero-order valence-corrected chi connectivity index (χ0v) is 13.2. The summed E-state index contributed by atoms with van der Waals surface area (Å²) in [6.07, 6.45) is 1.79. The molecule has 5 heteroatoms. The predicted octanol–water partition coefficient (Wildman–Crippen LogP) is 3.09. The SMILES string of the molecule is CCCc1cc(C(=O)NCCOCC(C)C)cc(Cl)n1. The summed E-state index contributed by atoms with van der Waals surface area (Å²) < 4.78 is 5.41. The first-order chi connectivity index (χ1) is 9.52. The minimum atomic E-state index is -0.139. The molecule has 1 amide bonds. The number of rotatable bonds is 8. The van der Waals surface area contributed by atoms with Crippen molar-refractivity contribution in [3.05, 3.63) is 28.5 Å². The molecule has 20 heavy (non-hydrogen) atoms. The molecule has 0 bridgehead atoms. The molecular formula is C15H23ClN2O2. The van der Waals surface area contributed by atoms with Gasteiger partial charge in [0.15, 0.2) is 0 Å². The Bertz CT molecular complexity index is 436. The number of hydrogen-bond donors (Lipinski definition) is 1. The van der Waals surface area contributed by atoms with Crippen LogP contribution < -0.4 is 5.32 Å². The van der Waals surface area contributed by atoms with Crippen LogP contribution in [0.15, 0.2) is 12.1 Å². The van der Waals surface area contributed by atoms with Gasteiger partial charge in [-0.1, -0.05) is 38.8 Å². The maximum Gasteiger partial charge on any atom is 0.251 e. The Hall–Kier alpha value is -1.13. The molecule has 0 saturated carbocycles.